The van der Waals surface area contributed by atoms with Crippen molar-refractivity contribution in [1.82, 2.24) is 0 Å². The van der Waals surface area contributed by atoms with Crippen LogP contribution < -0.4 is 0 Å². The predicted molar refractivity (Wildman–Crippen MR) is 195 cm³/mol. The summed E-state index contributed by atoms with van der Waals surface area (Å²) >= 11 is 0. The molecule has 0 fully saturated rings. The van der Waals surface area contributed by atoms with Gasteiger partial charge in [0.25, 0.3) is 0 Å². The van der Waals surface area contributed by atoms with E-state index in [0.717, 1.165) is 29.4 Å². The molecular formula is C41H60O4. The third-order valence-corrected chi connectivity index (χ3v) is 6.83. The van der Waals surface area contributed by atoms with Crippen LogP contribution in [0, 0.1) is 0 Å². The van der Waals surface area contributed by atoms with E-state index in [-0.39, 0.29) is 45.9 Å². The molecule has 0 amide bonds. The molecule has 45 heavy (non-hydrogen) atoms. The number of aldehydes is 1. The Morgan fingerprint density at radius 3 is 1.22 bits per heavy atom. The van der Waals surface area contributed by atoms with Crippen molar-refractivity contribution in [2.45, 2.75) is 101 Å². The highest BCUT2D eigenvalue weighted by Crippen LogP contribution is 2.20. The van der Waals surface area contributed by atoms with Crippen LogP contribution in [-0.4, -0.2) is 24.6 Å². The van der Waals surface area contributed by atoms with Crippen molar-refractivity contribution in [2.75, 3.05) is 6.61 Å². The standard InChI is InChI=1S/C15H20O2.C14H18O.C9H10O.3CH4/c1-4-13(15(16)17-5-2)11-12(3)14-9-7-6-8-10-14;1-4-13(12(3)15)10-11(2)14-8-6-5-7-9-14;1-8(7-10)9-5-3-2-4-6-9;;;/h6-12H,4-5H2,1-3H3;5-11H,4H2,1-3H3;2-8H,1H3;3*1H4/b13-11+;13-10-;;;;. The van der Waals surface area contributed by atoms with E-state index >= 15 is 0 Å². The lowest BCUT2D eigenvalue weighted by Crippen LogP contribution is -2.08. The fourth-order valence-corrected chi connectivity index (χ4v) is 4.18. The van der Waals surface area contributed by atoms with Crippen molar-refractivity contribution in [2.24, 2.45) is 0 Å². The van der Waals surface area contributed by atoms with Gasteiger partial charge in [-0.15, -0.1) is 0 Å². The molecule has 0 saturated heterocycles. The molecule has 0 aliphatic heterocycles. The largest absolute Gasteiger partial charge is 0.463 e. The van der Waals surface area contributed by atoms with Crippen LogP contribution >= 0.6 is 0 Å². The van der Waals surface area contributed by atoms with Gasteiger partial charge in [-0.25, -0.2) is 4.79 Å². The summed E-state index contributed by atoms with van der Waals surface area (Å²) in [4.78, 5) is 33.2. The predicted octanol–water partition coefficient (Wildman–Crippen LogP) is 11.3. The number of hydrogen-bond acceptors (Lipinski definition) is 4. The van der Waals surface area contributed by atoms with E-state index in [0.29, 0.717) is 18.9 Å². The first kappa shape index (κ1) is 45.4. The van der Waals surface area contributed by atoms with Gasteiger partial charge in [0.05, 0.1) is 6.61 Å². The molecule has 3 rings (SSSR count). The average Bonchev–Trinajstić information content (AvgIpc) is 3.03. The smallest absolute Gasteiger partial charge is 0.333 e. The molecule has 3 aromatic carbocycles. The van der Waals surface area contributed by atoms with Crippen molar-refractivity contribution < 1.29 is 19.1 Å². The minimum atomic E-state index is -0.196. The Balaban J connectivity index is -0.000000585. The van der Waals surface area contributed by atoms with Crippen LogP contribution in [0.15, 0.2) is 114 Å². The minimum Gasteiger partial charge on any atom is -0.463 e. The number of benzene rings is 3. The Hall–Kier alpha value is -4.05. The van der Waals surface area contributed by atoms with Gasteiger partial charge in [-0.1, -0.05) is 160 Å². The van der Waals surface area contributed by atoms with E-state index in [9.17, 15) is 14.4 Å². The fourth-order valence-electron chi connectivity index (χ4n) is 4.18. The van der Waals surface area contributed by atoms with Crippen molar-refractivity contribution in [1.29, 1.82) is 0 Å². The maximum Gasteiger partial charge on any atom is 0.333 e. The fraction of sp³-hybridized carbons (Fsp3) is 0.390. The molecular weight excluding hydrogens is 556 g/mol. The zero-order chi connectivity index (χ0) is 31.3. The van der Waals surface area contributed by atoms with Gasteiger partial charge in [0.2, 0.25) is 0 Å². The topological polar surface area (TPSA) is 60.4 Å². The number of rotatable bonds is 11. The highest BCUT2D eigenvalue weighted by atomic mass is 16.5. The molecule has 0 spiro atoms. The zero-order valence-electron chi connectivity index (χ0n) is 26.4. The molecule has 248 valence electrons. The molecule has 0 N–H and O–H groups in total. The number of Topliss-reactive ketones (excluding diaryl/α,β-unsaturated/α-hetero) is 1. The summed E-state index contributed by atoms with van der Waals surface area (Å²) in [6, 6.07) is 30.1. The second-order valence-corrected chi connectivity index (χ2v) is 10.1. The minimum absolute atomic E-state index is 0. The lowest BCUT2D eigenvalue weighted by atomic mass is 9.96. The van der Waals surface area contributed by atoms with Crippen molar-refractivity contribution in [3.8, 4) is 0 Å². The van der Waals surface area contributed by atoms with Crippen LogP contribution in [0.2, 0.25) is 0 Å². The van der Waals surface area contributed by atoms with Crippen LogP contribution in [0.1, 0.15) is 118 Å². The van der Waals surface area contributed by atoms with E-state index in [2.05, 4.69) is 44.2 Å². The number of ether oxygens (including phenoxy) is 1. The first-order valence-electron chi connectivity index (χ1n) is 14.9. The van der Waals surface area contributed by atoms with Crippen LogP contribution in [0.3, 0.4) is 0 Å². The molecule has 4 nitrogen and oxygen atoms in total. The monoisotopic (exact) mass is 616 g/mol. The number of carbonyl (C=O) groups is 3. The lowest BCUT2D eigenvalue weighted by Gasteiger charge is -2.10. The van der Waals surface area contributed by atoms with Gasteiger partial charge in [-0.3, -0.25) is 4.79 Å². The van der Waals surface area contributed by atoms with Crippen molar-refractivity contribution in [3.05, 3.63) is 131 Å². The van der Waals surface area contributed by atoms with Gasteiger partial charge < -0.3 is 9.53 Å². The van der Waals surface area contributed by atoms with Gasteiger partial charge >= 0.3 is 5.97 Å². The Kier molecular flexibility index (Phi) is 26.6. The van der Waals surface area contributed by atoms with E-state index < -0.39 is 0 Å². The number of hydrogen-bond donors (Lipinski definition) is 0. The number of carbonyl (C=O) groups excluding carboxylic acids is 3. The molecule has 0 saturated carbocycles. The van der Waals surface area contributed by atoms with Crippen molar-refractivity contribution >= 4 is 18.0 Å². The zero-order valence-corrected chi connectivity index (χ0v) is 26.4. The second kappa shape index (κ2) is 26.4. The number of esters is 1. The third kappa shape index (κ3) is 17.7. The Morgan fingerprint density at radius 1 is 0.600 bits per heavy atom. The van der Waals surface area contributed by atoms with E-state index in [1.165, 1.54) is 11.1 Å². The van der Waals surface area contributed by atoms with Gasteiger partial charge in [0, 0.05) is 11.5 Å². The summed E-state index contributed by atoms with van der Waals surface area (Å²) < 4.78 is 5.02. The van der Waals surface area contributed by atoms with Crippen molar-refractivity contribution in [3.63, 3.8) is 0 Å². The van der Waals surface area contributed by atoms with Crippen LogP contribution in [0.4, 0.5) is 0 Å². The molecule has 0 bridgehead atoms. The first-order chi connectivity index (χ1) is 20.2. The molecule has 0 radical (unpaired) electrons. The summed E-state index contributed by atoms with van der Waals surface area (Å²) in [5.74, 6) is 0.555. The molecule has 4 heteroatoms. The Labute approximate surface area is 275 Å². The molecule has 3 unspecified atom stereocenters. The molecule has 3 atom stereocenters. The first-order valence-corrected chi connectivity index (χ1v) is 14.9. The van der Waals surface area contributed by atoms with E-state index in [4.69, 9.17) is 4.74 Å². The average molecular weight is 617 g/mol. The van der Waals surface area contributed by atoms with Crippen LogP contribution in [0.25, 0.3) is 0 Å². The van der Waals surface area contributed by atoms with E-state index in [1.54, 1.807) is 6.92 Å². The Bertz CT molecular complexity index is 1240. The lowest BCUT2D eigenvalue weighted by molar-refractivity contribution is -0.138. The van der Waals surface area contributed by atoms with Crippen LogP contribution in [-0.2, 0) is 19.1 Å². The maximum absolute atomic E-state index is 11.7. The molecule has 0 aliphatic carbocycles. The van der Waals surface area contributed by atoms with Gasteiger partial charge in [-0.05, 0) is 60.8 Å². The third-order valence-electron chi connectivity index (χ3n) is 6.83. The second-order valence-electron chi connectivity index (χ2n) is 10.1. The van der Waals surface area contributed by atoms with Crippen LogP contribution in [0.5, 0.6) is 0 Å². The quantitative estimate of drug-likeness (QED) is 0.122. The highest BCUT2D eigenvalue weighted by Gasteiger charge is 2.11. The van der Waals surface area contributed by atoms with Gasteiger partial charge in [-0.2, -0.15) is 0 Å². The SMILES string of the molecule is C.C.C.CC(C=O)c1ccccc1.CC/C(=C/C(C)c1ccccc1)C(C)=O.CCOC(=O)/C(=C/C(C)c1ccccc1)CC. The number of ketones is 1. The van der Waals surface area contributed by atoms with Gasteiger partial charge in [0.15, 0.2) is 5.78 Å². The number of allylic oxidation sites excluding steroid dienone is 3. The molecule has 3 aromatic rings. The highest BCUT2D eigenvalue weighted by molar-refractivity contribution is 5.93. The maximum atomic E-state index is 11.7. The summed E-state index contributed by atoms with van der Waals surface area (Å²) in [6.07, 6.45) is 6.53. The molecule has 0 heterocycles. The summed E-state index contributed by atoms with van der Waals surface area (Å²) in [7, 11) is 0. The summed E-state index contributed by atoms with van der Waals surface area (Å²) in [6.45, 7) is 14.0. The normalized spacial score (nSPS) is 12.3. The Morgan fingerprint density at radius 2 is 0.933 bits per heavy atom. The molecule has 0 aliphatic rings. The summed E-state index contributed by atoms with van der Waals surface area (Å²) in [5.41, 5.74) is 5.22. The molecule has 0 aromatic heterocycles. The van der Waals surface area contributed by atoms with E-state index in [1.807, 2.05) is 101 Å². The summed E-state index contributed by atoms with van der Waals surface area (Å²) in [5, 5.41) is 0. The van der Waals surface area contributed by atoms with Gasteiger partial charge in [0.1, 0.15) is 6.29 Å².